The highest BCUT2D eigenvalue weighted by Gasteiger charge is 2.19. The molecule has 2 aromatic carbocycles. The van der Waals surface area contributed by atoms with Crippen LogP contribution >= 0.6 is 0 Å². The Hall–Kier alpha value is -2.08. The molecule has 1 N–H and O–H groups in total. The fraction of sp³-hybridized carbons (Fsp3) is 0.222. The Morgan fingerprint density at radius 2 is 1.65 bits per heavy atom. The van der Waals surface area contributed by atoms with Gasteiger partial charge in [0.25, 0.3) is 0 Å². The Morgan fingerprint density at radius 3 is 2.45 bits per heavy atom. The average Bonchev–Trinajstić information content (AvgIpc) is 2.53. The second-order valence-electron chi connectivity index (χ2n) is 5.00. The molecule has 1 aliphatic rings. The van der Waals surface area contributed by atoms with Crippen LogP contribution in [-0.2, 0) is 13.0 Å². The molecule has 20 heavy (non-hydrogen) atoms. The minimum Gasteiger partial charge on any atom is -0.367 e. The van der Waals surface area contributed by atoms with Crippen LogP contribution in [0.25, 0.3) is 0 Å². The number of fused-ring (bicyclic) bond motifs is 1. The highest BCUT2D eigenvalue weighted by Crippen LogP contribution is 2.19. The van der Waals surface area contributed by atoms with Crippen molar-refractivity contribution in [2.24, 2.45) is 0 Å². The summed E-state index contributed by atoms with van der Waals surface area (Å²) in [5.41, 5.74) is 3.61. The molecule has 0 aromatic heterocycles. The molecule has 3 rings (SSSR count). The predicted octanol–water partition coefficient (Wildman–Crippen LogP) is 2.41. The van der Waals surface area contributed by atoms with E-state index in [1.807, 2.05) is 41.3 Å². The molecular weight excluding hydrogens is 246 g/mol. The fourth-order valence-electron chi connectivity index (χ4n) is 2.49. The van der Waals surface area contributed by atoms with Gasteiger partial charge >= 0.3 is 0 Å². The summed E-state index contributed by atoms with van der Waals surface area (Å²) in [6.45, 7) is 1.61. The van der Waals surface area contributed by atoms with Gasteiger partial charge in [0, 0.05) is 18.7 Å². The number of nitrogens with zero attached hydrogens (tertiary/aromatic N) is 1. The van der Waals surface area contributed by atoms with Crippen molar-refractivity contribution < 1.29 is 5.11 Å². The molecule has 0 radical (unpaired) electrons. The van der Waals surface area contributed by atoms with Crippen LogP contribution in [0.5, 0.6) is 0 Å². The van der Waals surface area contributed by atoms with Gasteiger partial charge in [-0.2, -0.15) is 0 Å². The first-order valence-corrected chi connectivity index (χ1v) is 6.88. The van der Waals surface area contributed by atoms with E-state index in [0.29, 0.717) is 0 Å². The third-order valence-corrected chi connectivity index (χ3v) is 3.63. The van der Waals surface area contributed by atoms with Crippen molar-refractivity contribution >= 4 is 0 Å². The first kappa shape index (κ1) is 12.9. The van der Waals surface area contributed by atoms with Crippen molar-refractivity contribution in [1.82, 2.24) is 4.90 Å². The van der Waals surface area contributed by atoms with E-state index in [9.17, 15) is 5.11 Å². The van der Waals surface area contributed by atoms with Crippen LogP contribution in [0.3, 0.4) is 0 Å². The first-order chi connectivity index (χ1) is 9.83. The maximum atomic E-state index is 10.2. The van der Waals surface area contributed by atoms with Gasteiger partial charge in [0.1, 0.15) is 0 Å². The van der Waals surface area contributed by atoms with Crippen LogP contribution < -0.4 is 0 Å². The highest BCUT2D eigenvalue weighted by molar-refractivity contribution is 5.35. The van der Waals surface area contributed by atoms with Crippen LogP contribution in [-0.4, -0.2) is 22.8 Å². The molecule has 2 aromatic rings. The van der Waals surface area contributed by atoms with Crippen LogP contribution in [0, 0.1) is 11.8 Å². The molecule has 0 saturated heterocycles. The van der Waals surface area contributed by atoms with Gasteiger partial charge in [-0.1, -0.05) is 48.4 Å². The molecule has 2 heteroatoms. The molecule has 1 heterocycles. The van der Waals surface area contributed by atoms with Crippen LogP contribution in [0.2, 0.25) is 0 Å². The zero-order chi connectivity index (χ0) is 13.8. The zero-order valence-electron chi connectivity index (χ0n) is 11.3. The Morgan fingerprint density at radius 1 is 0.950 bits per heavy atom. The van der Waals surface area contributed by atoms with Crippen molar-refractivity contribution in [2.75, 3.05) is 6.54 Å². The topological polar surface area (TPSA) is 23.5 Å². The lowest BCUT2D eigenvalue weighted by Gasteiger charge is -2.30. The summed E-state index contributed by atoms with van der Waals surface area (Å²) in [6, 6.07) is 18.2. The third kappa shape index (κ3) is 2.91. The Balaban J connectivity index is 1.71. The Bertz CT molecular complexity index is 639. The van der Waals surface area contributed by atoms with Gasteiger partial charge in [0.05, 0.1) is 0 Å². The lowest BCUT2D eigenvalue weighted by atomic mass is 10.00. The van der Waals surface area contributed by atoms with E-state index in [1.54, 1.807) is 0 Å². The van der Waals surface area contributed by atoms with Crippen molar-refractivity contribution in [3.8, 4) is 11.8 Å². The summed E-state index contributed by atoms with van der Waals surface area (Å²) in [5.74, 6) is 5.95. The number of aliphatic hydroxyl groups is 1. The van der Waals surface area contributed by atoms with E-state index in [-0.39, 0.29) is 0 Å². The minimum atomic E-state index is -0.705. The molecule has 1 atom stereocenters. The van der Waals surface area contributed by atoms with Crippen molar-refractivity contribution in [2.45, 2.75) is 19.2 Å². The number of aliphatic hydroxyl groups excluding tert-OH is 1. The molecule has 1 aliphatic heterocycles. The maximum Gasteiger partial charge on any atom is 0.171 e. The lowest BCUT2D eigenvalue weighted by molar-refractivity contribution is 0.0390. The van der Waals surface area contributed by atoms with Crippen molar-refractivity contribution in [3.05, 3.63) is 71.3 Å². The monoisotopic (exact) mass is 263 g/mol. The van der Waals surface area contributed by atoms with Crippen LogP contribution in [0.4, 0.5) is 0 Å². The molecule has 0 spiro atoms. The van der Waals surface area contributed by atoms with Gasteiger partial charge in [-0.3, -0.25) is 4.90 Å². The van der Waals surface area contributed by atoms with Crippen molar-refractivity contribution in [1.29, 1.82) is 0 Å². The minimum absolute atomic E-state index is 0.705. The first-order valence-electron chi connectivity index (χ1n) is 6.88. The second-order valence-corrected chi connectivity index (χ2v) is 5.00. The smallest absolute Gasteiger partial charge is 0.171 e. The standard InChI is InChI=1S/C18H17NO/c20-18(11-10-15-6-2-1-3-7-15)19-13-12-16-8-4-5-9-17(16)14-19/h1-9,18,20H,12-14H2. The predicted molar refractivity (Wildman–Crippen MR) is 79.9 cm³/mol. The molecule has 0 aliphatic carbocycles. The summed E-state index contributed by atoms with van der Waals surface area (Å²) < 4.78 is 0. The van der Waals surface area contributed by atoms with Crippen LogP contribution in [0.15, 0.2) is 54.6 Å². The molecular formula is C18H17NO. The van der Waals surface area contributed by atoms with E-state index >= 15 is 0 Å². The van der Waals surface area contributed by atoms with Gasteiger partial charge in [-0.15, -0.1) is 0 Å². The zero-order valence-corrected chi connectivity index (χ0v) is 11.3. The van der Waals surface area contributed by atoms with E-state index in [4.69, 9.17) is 0 Å². The van der Waals surface area contributed by atoms with Crippen LogP contribution in [0.1, 0.15) is 16.7 Å². The van der Waals surface area contributed by atoms with E-state index < -0.39 is 6.23 Å². The lowest BCUT2D eigenvalue weighted by Crippen LogP contribution is -2.38. The van der Waals surface area contributed by atoms with E-state index in [0.717, 1.165) is 25.1 Å². The summed E-state index contributed by atoms with van der Waals surface area (Å²) in [4.78, 5) is 2.01. The summed E-state index contributed by atoms with van der Waals surface area (Å²) in [6.07, 6.45) is 0.267. The van der Waals surface area contributed by atoms with E-state index in [2.05, 4.69) is 30.0 Å². The number of hydrogen-bond acceptors (Lipinski definition) is 2. The summed E-state index contributed by atoms with van der Waals surface area (Å²) in [5, 5.41) is 10.2. The maximum absolute atomic E-state index is 10.2. The summed E-state index contributed by atoms with van der Waals surface area (Å²) >= 11 is 0. The van der Waals surface area contributed by atoms with Gasteiger partial charge in [0.2, 0.25) is 0 Å². The van der Waals surface area contributed by atoms with Gasteiger partial charge in [-0.25, -0.2) is 0 Å². The number of hydrogen-bond donors (Lipinski definition) is 1. The third-order valence-electron chi connectivity index (χ3n) is 3.63. The Labute approximate surface area is 119 Å². The molecule has 1 unspecified atom stereocenters. The number of benzene rings is 2. The summed E-state index contributed by atoms with van der Waals surface area (Å²) in [7, 11) is 0. The highest BCUT2D eigenvalue weighted by atomic mass is 16.3. The second kappa shape index (κ2) is 5.92. The molecule has 0 amide bonds. The quantitative estimate of drug-likeness (QED) is 0.799. The molecule has 100 valence electrons. The van der Waals surface area contributed by atoms with Crippen molar-refractivity contribution in [3.63, 3.8) is 0 Å². The van der Waals surface area contributed by atoms with Gasteiger partial charge in [-0.05, 0) is 35.6 Å². The van der Waals surface area contributed by atoms with Gasteiger partial charge < -0.3 is 5.11 Å². The molecule has 0 fully saturated rings. The van der Waals surface area contributed by atoms with E-state index in [1.165, 1.54) is 11.1 Å². The largest absolute Gasteiger partial charge is 0.367 e. The molecule has 0 bridgehead atoms. The van der Waals surface area contributed by atoms with Gasteiger partial charge in [0.15, 0.2) is 6.23 Å². The number of rotatable bonds is 1. The fourth-order valence-corrected chi connectivity index (χ4v) is 2.49. The molecule has 0 saturated carbocycles. The average molecular weight is 263 g/mol. The SMILES string of the molecule is OC(C#Cc1ccccc1)N1CCc2ccccc2C1. The molecule has 2 nitrogen and oxygen atoms in total. The normalized spacial score (nSPS) is 15.8. The Kier molecular flexibility index (Phi) is 3.83.